The second kappa shape index (κ2) is 17.9. The van der Waals surface area contributed by atoms with Gasteiger partial charge >= 0.3 is 24.1 Å². The summed E-state index contributed by atoms with van der Waals surface area (Å²) in [4.78, 5) is 71.0. The fraction of sp³-hybridized carbons (Fsp3) is 0.350. The lowest BCUT2D eigenvalue weighted by molar-refractivity contribution is -0.137. The molecule has 1 aliphatic heterocycles. The van der Waals surface area contributed by atoms with Crippen LogP contribution in [0, 0.1) is 5.92 Å². The van der Waals surface area contributed by atoms with Crippen LogP contribution in [0.2, 0.25) is 0 Å². The van der Waals surface area contributed by atoms with Gasteiger partial charge in [-0.3, -0.25) is 19.4 Å². The lowest BCUT2D eigenvalue weighted by Crippen LogP contribution is -2.30. The Balaban J connectivity index is 1.50. The molecule has 3 aromatic rings. The molecule has 12 nitrogen and oxygen atoms in total. The Morgan fingerprint density at radius 3 is 2.22 bits per heavy atom. The number of allylic oxidation sites excluding steroid dienone is 1. The van der Waals surface area contributed by atoms with Crippen LogP contribution in [-0.2, 0) is 31.7 Å². The van der Waals surface area contributed by atoms with Crippen LogP contribution in [0.25, 0.3) is 0 Å². The number of halogens is 3. The lowest BCUT2D eigenvalue weighted by Gasteiger charge is -2.25. The van der Waals surface area contributed by atoms with Gasteiger partial charge in [-0.1, -0.05) is 24.3 Å². The molecule has 2 atom stereocenters. The van der Waals surface area contributed by atoms with E-state index in [1.165, 1.54) is 36.3 Å². The SMILES string of the molecule is COC(=O)c1cc(C(=O)OC(C)C)cc(OC)c1OC(=O)CCCc1ccc(NC(=O)C2C=CC(C)=NC2c2ccc(C(F)(F)F)cc2)c(C(=O)N(C)C)c1. The molecule has 4 rings (SSSR count). The zero-order chi connectivity index (χ0) is 40.6. The van der Waals surface area contributed by atoms with E-state index in [0.29, 0.717) is 23.3 Å². The molecule has 0 radical (unpaired) electrons. The minimum absolute atomic E-state index is 0.00811. The Morgan fingerprint density at radius 2 is 1.62 bits per heavy atom. The summed E-state index contributed by atoms with van der Waals surface area (Å²) in [7, 11) is 5.51. The van der Waals surface area contributed by atoms with Crippen LogP contribution in [0.3, 0.4) is 0 Å². The molecule has 55 heavy (non-hydrogen) atoms. The summed E-state index contributed by atoms with van der Waals surface area (Å²) in [5, 5.41) is 2.81. The Kier molecular flexibility index (Phi) is 13.6. The Morgan fingerprint density at radius 1 is 0.927 bits per heavy atom. The highest BCUT2D eigenvalue weighted by atomic mass is 19.4. The number of dihydropyridines is 1. The Labute approximate surface area is 316 Å². The number of hydrogen-bond donors (Lipinski definition) is 1. The van der Waals surface area contributed by atoms with Gasteiger partial charge in [-0.2, -0.15) is 13.2 Å². The van der Waals surface area contributed by atoms with E-state index in [0.717, 1.165) is 19.2 Å². The van der Waals surface area contributed by atoms with E-state index < -0.39 is 59.5 Å². The van der Waals surface area contributed by atoms with E-state index in [2.05, 4.69) is 10.3 Å². The lowest BCUT2D eigenvalue weighted by atomic mass is 9.89. The van der Waals surface area contributed by atoms with Crippen molar-refractivity contribution in [1.29, 1.82) is 0 Å². The first kappa shape index (κ1) is 41.8. The number of amides is 2. The number of rotatable bonds is 13. The van der Waals surface area contributed by atoms with Gasteiger partial charge in [-0.25, -0.2) is 9.59 Å². The maximum absolute atomic E-state index is 13.7. The largest absolute Gasteiger partial charge is 0.493 e. The van der Waals surface area contributed by atoms with Crippen LogP contribution >= 0.6 is 0 Å². The van der Waals surface area contributed by atoms with Gasteiger partial charge in [0.1, 0.15) is 5.56 Å². The first-order chi connectivity index (χ1) is 25.9. The fourth-order valence-electron chi connectivity index (χ4n) is 5.69. The molecule has 15 heteroatoms. The number of nitrogens with zero attached hydrogens (tertiary/aromatic N) is 2. The molecule has 2 unspecified atom stereocenters. The number of aliphatic imine (C=N–C) groups is 1. The van der Waals surface area contributed by atoms with Gasteiger partial charge in [-0.15, -0.1) is 0 Å². The minimum Gasteiger partial charge on any atom is -0.493 e. The number of ether oxygens (including phenoxy) is 4. The average Bonchev–Trinajstić information content (AvgIpc) is 3.13. The maximum atomic E-state index is 13.7. The molecular weight excluding hydrogens is 723 g/mol. The third-order valence-corrected chi connectivity index (χ3v) is 8.41. The van der Waals surface area contributed by atoms with Gasteiger partial charge in [0, 0.05) is 26.2 Å². The van der Waals surface area contributed by atoms with Crippen molar-refractivity contribution in [3.05, 3.63) is 100 Å². The zero-order valence-electron chi connectivity index (χ0n) is 31.4. The number of carbonyl (C=O) groups excluding carboxylic acids is 5. The number of carbonyl (C=O) groups is 5. The molecule has 1 N–H and O–H groups in total. The van der Waals surface area contributed by atoms with E-state index in [9.17, 15) is 37.1 Å². The minimum atomic E-state index is -4.52. The van der Waals surface area contributed by atoms with Crippen molar-refractivity contribution in [2.45, 2.75) is 58.4 Å². The Bertz CT molecular complexity index is 2000. The molecule has 0 aliphatic carbocycles. The molecule has 292 valence electrons. The quantitative estimate of drug-likeness (QED) is 0.143. The summed E-state index contributed by atoms with van der Waals surface area (Å²) in [6.45, 7) is 5.05. The van der Waals surface area contributed by atoms with E-state index >= 15 is 0 Å². The van der Waals surface area contributed by atoms with Crippen molar-refractivity contribution in [3.63, 3.8) is 0 Å². The van der Waals surface area contributed by atoms with E-state index in [1.807, 2.05) is 0 Å². The molecule has 0 saturated heterocycles. The van der Waals surface area contributed by atoms with E-state index in [1.54, 1.807) is 65.2 Å². The molecule has 2 amide bonds. The van der Waals surface area contributed by atoms with Crippen LogP contribution in [0.4, 0.5) is 18.9 Å². The summed E-state index contributed by atoms with van der Waals surface area (Å²) in [6.07, 6.45) is -1.22. The standard InChI is InChI=1S/C40H42F3N3O9/c1-22(2)54-38(50)26-20-30(39(51)53-7)35(32(21-26)52-6)55-33(47)10-8-9-24-12-18-31(29(19-24)37(49)46(4)5)45-36(48)28-17-11-23(3)44-34(28)25-13-15-27(16-14-25)40(41,42)43/h11-22,28,34H,8-10H2,1-7H3,(H,45,48). The summed E-state index contributed by atoms with van der Waals surface area (Å²) < 4.78 is 60.5. The molecule has 0 fully saturated rings. The molecule has 0 aromatic heterocycles. The summed E-state index contributed by atoms with van der Waals surface area (Å²) >= 11 is 0. The highest BCUT2D eigenvalue weighted by Crippen LogP contribution is 2.36. The smallest absolute Gasteiger partial charge is 0.416 e. The topological polar surface area (TPSA) is 150 Å². The zero-order valence-corrected chi connectivity index (χ0v) is 31.4. The van der Waals surface area contributed by atoms with Gasteiger partial charge in [0.2, 0.25) is 5.91 Å². The summed E-state index contributed by atoms with van der Waals surface area (Å²) in [6, 6.07) is 11.0. The molecule has 0 bridgehead atoms. The van der Waals surface area contributed by atoms with Crippen LogP contribution in [0.1, 0.15) is 87.4 Å². The molecular formula is C40H42F3N3O9. The van der Waals surface area contributed by atoms with Crippen molar-refractivity contribution in [2.24, 2.45) is 10.9 Å². The highest BCUT2D eigenvalue weighted by Gasteiger charge is 2.33. The van der Waals surface area contributed by atoms with Gasteiger partial charge in [-0.05, 0) is 87.2 Å². The number of alkyl halides is 3. The monoisotopic (exact) mass is 765 g/mol. The van der Waals surface area contributed by atoms with Crippen LogP contribution in [0.15, 0.2) is 71.7 Å². The number of methoxy groups -OCH3 is 2. The highest BCUT2D eigenvalue weighted by molar-refractivity contribution is 6.05. The van der Waals surface area contributed by atoms with Crippen molar-refractivity contribution in [1.82, 2.24) is 4.90 Å². The number of benzene rings is 3. The maximum Gasteiger partial charge on any atom is 0.416 e. The molecule has 3 aromatic carbocycles. The third kappa shape index (κ3) is 10.6. The first-order valence-electron chi connectivity index (χ1n) is 17.2. The second-order valence-electron chi connectivity index (χ2n) is 13.1. The van der Waals surface area contributed by atoms with Gasteiger partial charge < -0.3 is 29.2 Å². The third-order valence-electron chi connectivity index (χ3n) is 8.41. The van der Waals surface area contributed by atoms with E-state index in [4.69, 9.17) is 18.9 Å². The van der Waals surface area contributed by atoms with Gasteiger partial charge in [0.15, 0.2) is 11.5 Å². The van der Waals surface area contributed by atoms with Crippen molar-refractivity contribution in [2.75, 3.05) is 33.6 Å². The van der Waals surface area contributed by atoms with Crippen molar-refractivity contribution < 1.29 is 56.1 Å². The molecule has 1 heterocycles. The molecule has 1 aliphatic rings. The van der Waals surface area contributed by atoms with Gasteiger partial charge in [0.25, 0.3) is 5.91 Å². The average molecular weight is 766 g/mol. The summed E-state index contributed by atoms with van der Waals surface area (Å²) in [5.41, 5.74) is 1.01. The summed E-state index contributed by atoms with van der Waals surface area (Å²) in [5.74, 6) is -4.41. The second-order valence-corrected chi connectivity index (χ2v) is 13.1. The fourth-order valence-corrected chi connectivity index (χ4v) is 5.69. The van der Waals surface area contributed by atoms with Crippen LogP contribution < -0.4 is 14.8 Å². The van der Waals surface area contributed by atoms with Gasteiger partial charge in [0.05, 0.1) is 54.7 Å². The van der Waals surface area contributed by atoms with Crippen molar-refractivity contribution in [3.8, 4) is 11.5 Å². The normalized spacial score (nSPS) is 15.1. The first-order valence-corrected chi connectivity index (χ1v) is 17.2. The van der Waals surface area contributed by atoms with Crippen LogP contribution in [0.5, 0.6) is 11.5 Å². The van der Waals surface area contributed by atoms with Crippen LogP contribution in [-0.4, -0.2) is 74.8 Å². The number of nitrogens with one attached hydrogen (secondary N) is 1. The predicted molar refractivity (Wildman–Crippen MR) is 196 cm³/mol. The molecule has 0 saturated carbocycles. The number of hydrogen-bond acceptors (Lipinski definition) is 10. The number of aryl methyl sites for hydroxylation is 1. The number of anilines is 1. The van der Waals surface area contributed by atoms with Crippen molar-refractivity contribution >= 4 is 41.1 Å². The Hall–Kier alpha value is -5.99. The predicted octanol–water partition coefficient (Wildman–Crippen LogP) is 7.02. The van der Waals surface area contributed by atoms with E-state index in [-0.39, 0.29) is 46.7 Å². The molecule has 0 spiro atoms. The number of esters is 3.